The van der Waals surface area contributed by atoms with E-state index in [2.05, 4.69) is 5.32 Å². The van der Waals surface area contributed by atoms with E-state index in [1.54, 1.807) is 13.0 Å². The van der Waals surface area contributed by atoms with Crippen molar-refractivity contribution in [3.63, 3.8) is 0 Å². The number of benzene rings is 1. The Kier molecular flexibility index (Phi) is 3.81. The Morgan fingerprint density at radius 1 is 1.11 bits per heavy atom. The van der Waals surface area contributed by atoms with Gasteiger partial charge in [0.1, 0.15) is 11.3 Å². The number of carbonyl (C=O) groups excluding carboxylic acids is 2. The predicted octanol–water partition coefficient (Wildman–Crippen LogP) is 4.76. The fourth-order valence-corrected chi connectivity index (χ4v) is 6.14. The molecule has 1 heterocycles. The van der Waals surface area contributed by atoms with Gasteiger partial charge in [0.2, 0.25) is 11.7 Å². The highest BCUT2D eigenvalue weighted by Gasteiger charge is 2.54. The summed E-state index contributed by atoms with van der Waals surface area (Å²) < 4.78 is 10.9. The predicted molar refractivity (Wildman–Crippen MR) is 101 cm³/mol. The second kappa shape index (κ2) is 6.11. The minimum absolute atomic E-state index is 0.0544. The Bertz CT molecular complexity index is 877. The SMILES string of the molecule is CCOC(=O)c1oc2ccccc2c1NC(=O)C12CC3CC(CC(C3)C1)C2. The van der Waals surface area contributed by atoms with Crippen molar-refractivity contribution in [2.45, 2.75) is 45.4 Å². The van der Waals surface area contributed by atoms with Crippen molar-refractivity contribution < 1.29 is 18.7 Å². The van der Waals surface area contributed by atoms with Gasteiger partial charge in [-0.1, -0.05) is 12.1 Å². The van der Waals surface area contributed by atoms with Crippen molar-refractivity contribution in [3.8, 4) is 0 Å². The van der Waals surface area contributed by atoms with Crippen LogP contribution in [0, 0.1) is 23.2 Å². The molecule has 142 valence electrons. The van der Waals surface area contributed by atoms with Crippen LogP contribution in [0.1, 0.15) is 56.0 Å². The Balaban J connectivity index is 1.50. The molecule has 1 aromatic carbocycles. The van der Waals surface area contributed by atoms with E-state index in [0.29, 0.717) is 29.0 Å². The van der Waals surface area contributed by atoms with Gasteiger partial charge in [-0.05, 0) is 75.3 Å². The molecule has 0 atom stereocenters. The molecule has 0 aliphatic heterocycles. The second-order valence-electron chi connectivity index (χ2n) is 8.67. The number of para-hydroxylation sites is 1. The number of esters is 1. The lowest BCUT2D eigenvalue weighted by atomic mass is 9.49. The first-order valence-electron chi connectivity index (χ1n) is 10.1. The van der Waals surface area contributed by atoms with Crippen LogP contribution in [0.4, 0.5) is 5.69 Å². The molecule has 1 amide bonds. The lowest BCUT2D eigenvalue weighted by Gasteiger charge is -2.55. The van der Waals surface area contributed by atoms with Gasteiger partial charge in [-0.2, -0.15) is 0 Å². The first-order valence-corrected chi connectivity index (χ1v) is 10.1. The maximum atomic E-state index is 13.4. The third kappa shape index (κ3) is 2.67. The number of hydrogen-bond donors (Lipinski definition) is 1. The number of ether oxygens (including phenoxy) is 1. The molecule has 1 aromatic heterocycles. The van der Waals surface area contributed by atoms with Crippen molar-refractivity contribution in [2.24, 2.45) is 23.2 Å². The summed E-state index contributed by atoms with van der Waals surface area (Å²) in [5, 5.41) is 3.85. The molecule has 4 saturated carbocycles. The molecule has 4 bridgehead atoms. The van der Waals surface area contributed by atoms with Crippen molar-refractivity contribution >= 4 is 28.5 Å². The summed E-state index contributed by atoms with van der Waals surface area (Å²) in [6, 6.07) is 7.41. The van der Waals surface area contributed by atoms with Crippen LogP contribution in [0.3, 0.4) is 0 Å². The average molecular weight is 367 g/mol. The molecule has 5 nitrogen and oxygen atoms in total. The average Bonchev–Trinajstić information content (AvgIpc) is 3.00. The van der Waals surface area contributed by atoms with E-state index in [-0.39, 0.29) is 23.7 Å². The summed E-state index contributed by atoms with van der Waals surface area (Å²) in [5.41, 5.74) is 0.769. The van der Waals surface area contributed by atoms with Gasteiger partial charge in [0.05, 0.1) is 12.0 Å². The number of nitrogens with one attached hydrogen (secondary N) is 1. The highest BCUT2D eigenvalue weighted by molar-refractivity contribution is 6.10. The zero-order chi connectivity index (χ0) is 18.6. The molecule has 2 aromatic rings. The molecule has 0 saturated heterocycles. The molecular weight excluding hydrogens is 342 g/mol. The minimum atomic E-state index is -0.533. The number of carbonyl (C=O) groups is 2. The summed E-state index contributed by atoms with van der Waals surface area (Å²) in [7, 11) is 0. The van der Waals surface area contributed by atoms with E-state index in [9.17, 15) is 9.59 Å². The lowest BCUT2D eigenvalue weighted by molar-refractivity contribution is -0.140. The number of furan rings is 1. The van der Waals surface area contributed by atoms with Crippen LogP contribution in [0.15, 0.2) is 28.7 Å². The van der Waals surface area contributed by atoms with Gasteiger partial charge in [-0.3, -0.25) is 4.79 Å². The first-order chi connectivity index (χ1) is 13.1. The Morgan fingerprint density at radius 2 is 1.74 bits per heavy atom. The molecule has 27 heavy (non-hydrogen) atoms. The summed E-state index contributed by atoms with van der Waals surface area (Å²) in [5.74, 6) is 1.68. The van der Waals surface area contributed by atoms with E-state index in [0.717, 1.165) is 24.6 Å². The zero-order valence-corrected chi connectivity index (χ0v) is 15.6. The van der Waals surface area contributed by atoms with Gasteiger partial charge in [0, 0.05) is 5.39 Å². The Morgan fingerprint density at radius 3 is 2.37 bits per heavy atom. The van der Waals surface area contributed by atoms with Crippen molar-refractivity contribution in [3.05, 3.63) is 30.0 Å². The van der Waals surface area contributed by atoms with Gasteiger partial charge < -0.3 is 14.5 Å². The van der Waals surface area contributed by atoms with E-state index in [4.69, 9.17) is 9.15 Å². The maximum absolute atomic E-state index is 13.4. The smallest absolute Gasteiger partial charge is 0.376 e. The van der Waals surface area contributed by atoms with Gasteiger partial charge in [0.15, 0.2) is 0 Å². The van der Waals surface area contributed by atoms with Gasteiger partial charge in [-0.25, -0.2) is 4.79 Å². The molecule has 1 N–H and O–H groups in total. The number of fused-ring (bicyclic) bond motifs is 1. The van der Waals surface area contributed by atoms with Crippen LogP contribution in [-0.4, -0.2) is 18.5 Å². The van der Waals surface area contributed by atoms with Crippen molar-refractivity contribution in [1.29, 1.82) is 0 Å². The molecule has 6 rings (SSSR count). The molecule has 4 aliphatic rings. The summed E-state index contributed by atoms with van der Waals surface area (Å²) >= 11 is 0. The fraction of sp³-hybridized carbons (Fsp3) is 0.545. The second-order valence-corrected chi connectivity index (χ2v) is 8.67. The van der Waals surface area contributed by atoms with Crippen LogP contribution < -0.4 is 5.32 Å². The first kappa shape index (κ1) is 16.8. The van der Waals surface area contributed by atoms with Gasteiger partial charge in [0.25, 0.3) is 0 Å². The molecule has 4 aliphatic carbocycles. The maximum Gasteiger partial charge on any atom is 0.376 e. The zero-order valence-electron chi connectivity index (χ0n) is 15.6. The summed E-state index contributed by atoms with van der Waals surface area (Å²) in [6.45, 7) is 2.02. The lowest BCUT2D eigenvalue weighted by Crippen LogP contribution is -2.51. The summed E-state index contributed by atoms with van der Waals surface area (Å²) in [4.78, 5) is 25.8. The van der Waals surface area contributed by atoms with Gasteiger partial charge >= 0.3 is 5.97 Å². The fourth-order valence-electron chi connectivity index (χ4n) is 6.14. The van der Waals surface area contributed by atoms with Crippen LogP contribution in [0.2, 0.25) is 0 Å². The van der Waals surface area contributed by atoms with E-state index in [1.807, 2.05) is 18.2 Å². The number of amides is 1. The molecule has 5 heteroatoms. The monoisotopic (exact) mass is 367 g/mol. The third-order valence-corrected chi connectivity index (χ3v) is 6.81. The largest absolute Gasteiger partial charge is 0.460 e. The molecule has 0 radical (unpaired) electrons. The number of hydrogen-bond acceptors (Lipinski definition) is 4. The molecule has 0 spiro atoms. The molecule has 0 unspecified atom stereocenters. The number of anilines is 1. The number of rotatable bonds is 4. The highest BCUT2D eigenvalue weighted by Crippen LogP contribution is 2.60. The Hall–Kier alpha value is -2.30. The van der Waals surface area contributed by atoms with Crippen LogP contribution in [-0.2, 0) is 9.53 Å². The summed E-state index contributed by atoms with van der Waals surface area (Å²) in [6.07, 6.45) is 6.81. The quantitative estimate of drug-likeness (QED) is 0.791. The van der Waals surface area contributed by atoms with Crippen LogP contribution in [0.25, 0.3) is 11.0 Å². The van der Waals surface area contributed by atoms with Crippen LogP contribution in [0.5, 0.6) is 0 Å². The van der Waals surface area contributed by atoms with Crippen molar-refractivity contribution in [2.75, 3.05) is 11.9 Å². The normalized spacial score (nSPS) is 31.2. The van der Waals surface area contributed by atoms with E-state index in [1.165, 1.54) is 19.3 Å². The molecule has 4 fully saturated rings. The topological polar surface area (TPSA) is 68.5 Å². The van der Waals surface area contributed by atoms with Gasteiger partial charge in [-0.15, -0.1) is 0 Å². The van der Waals surface area contributed by atoms with E-state index >= 15 is 0 Å². The highest BCUT2D eigenvalue weighted by atomic mass is 16.5. The standard InChI is InChI=1S/C22H25NO4/c1-2-26-20(24)19-18(16-5-3-4-6-17(16)27-19)23-21(25)22-10-13-7-14(11-22)9-15(8-13)12-22/h3-6,13-15H,2,7-12H2,1H3,(H,23,25). The molecular formula is C22H25NO4. The van der Waals surface area contributed by atoms with E-state index < -0.39 is 5.97 Å². The third-order valence-electron chi connectivity index (χ3n) is 6.81. The Labute approximate surface area is 158 Å². The van der Waals surface area contributed by atoms with Crippen molar-refractivity contribution in [1.82, 2.24) is 0 Å². The van der Waals surface area contributed by atoms with Crippen LogP contribution >= 0.6 is 0 Å². The minimum Gasteiger partial charge on any atom is -0.460 e.